The van der Waals surface area contributed by atoms with Crippen molar-refractivity contribution < 1.29 is 47.7 Å². The number of nitrogens with one attached hydrogen (secondary N) is 3. The van der Waals surface area contributed by atoms with E-state index in [9.17, 15) is 37.8 Å². The summed E-state index contributed by atoms with van der Waals surface area (Å²) in [5.41, 5.74) is 18.8. The summed E-state index contributed by atoms with van der Waals surface area (Å²) in [6, 6.07) is 18.2. The van der Waals surface area contributed by atoms with Crippen LogP contribution in [0.25, 0.3) is 0 Å². The van der Waals surface area contributed by atoms with Gasteiger partial charge in [0.1, 0.15) is 17.5 Å². The number of alkyl halides is 3. The summed E-state index contributed by atoms with van der Waals surface area (Å²) < 4.78 is 31.7. The lowest BCUT2D eigenvalue weighted by atomic mass is 9.90. The number of phenolic OH excluding ortho intramolecular Hbond substituents is 2. The molecule has 3 rings (SSSR count). The van der Waals surface area contributed by atoms with Gasteiger partial charge in [0.15, 0.2) is 5.96 Å². The molecule has 17 heteroatoms. The minimum Gasteiger partial charge on any atom is -0.508 e. The van der Waals surface area contributed by atoms with Gasteiger partial charge in [-0.2, -0.15) is 13.2 Å². The van der Waals surface area contributed by atoms with E-state index in [1.54, 1.807) is 24.3 Å². The highest BCUT2D eigenvalue weighted by atomic mass is 19.4. The van der Waals surface area contributed by atoms with E-state index >= 15 is 0 Å². The minimum absolute atomic E-state index is 0.0489. The Morgan fingerprint density at radius 3 is 1.56 bits per heavy atom. The largest absolute Gasteiger partial charge is 0.508 e. The quantitative estimate of drug-likeness (QED) is 0.0727. The minimum atomic E-state index is -5.08. The molecule has 0 radical (unpaired) electrons. The van der Waals surface area contributed by atoms with Gasteiger partial charge in [0, 0.05) is 19.6 Å². The molecule has 0 bridgehead atoms. The normalized spacial score (nSPS) is 11.3. The third-order valence-electron chi connectivity index (χ3n) is 6.49. The fraction of sp³-hybridized carbons (Fsp3) is 0.258. The molecule has 4 amide bonds. The number of aliphatic carboxylic acids is 1. The number of benzene rings is 3. The number of rotatable bonds is 13. The van der Waals surface area contributed by atoms with E-state index in [2.05, 4.69) is 20.9 Å². The molecule has 258 valence electrons. The van der Waals surface area contributed by atoms with Gasteiger partial charge in [-0.25, -0.2) is 9.59 Å². The number of hydrogen-bond donors (Lipinski definition) is 9. The van der Waals surface area contributed by atoms with Crippen molar-refractivity contribution in [2.24, 2.45) is 22.2 Å². The van der Waals surface area contributed by atoms with Gasteiger partial charge in [-0.05, 0) is 59.4 Å². The molecule has 0 unspecified atom stereocenters. The summed E-state index contributed by atoms with van der Waals surface area (Å²) in [5.74, 6) is -4.37. The second-order valence-electron chi connectivity index (χ2n) is 10.2. The van der Waals surface area contributed by atoms with Gasteiger partial charge in [0.2, 0.25) is 11.8 Å². The number of nitrogens with two attached hydrogens (primary N) is 3. The van der Waals surface area contributed by atoms with Crippen LogP contribution >= 0.6 is 0 Å². The monoisotopic (exact) mass is 675 g/mol. The summed E-state index contributed by atoms with van der Waals surface area (Å²) in [6.45, 7) is 0.777. The maximum atomic E-state index is 13.7. The molecule has 0 aliphatic rings. The number of hydrogen-bond acceptors (Lipinski definition) is 7. The van der Waals surface area contributed by atoms with Crippen LogP contribution in [-0.4, -0.2) is 63.9 Å². The number of carbonyl (C=O) groups excluding carboxylic acids is 3. The molecule has 0 saturated heterocycles. The molecular formula is C31H36F3N7O7. The van der Waals surface area contributed by atoms with Crippen molar-refractivity contribution in [2.45, 2.75) is 44.1 Å². The van der Waals surface area contributed by atoms with Crippen molar-refractivity contribution in [3.63, 3.8) is 0 Å². The van der Waals surface area contributed by atoms with Crippen molar-refractivity contribution >= 4 is 29.8 Å². The lowest BCUT2D eigenvalue weighted by molar-refractivity contribution is -0.192. The SMILES string of the molecule is NC(=O)NCc1ccc(CNC(=O)[C@@H](CCCN=C(N)N)NC(=O)C(c2ccc(O)cc2)c2ccc(O)cc2)cc1.O=C(O)C(F)(F)F. The van der Waals surface area contributed by atoms with Crippen LogP contribution in [0.3, 0.4) is 0 Å². The first kappa shape index (κ1) is 38.2. The highest BCUT2D eigenvalue weighted by Crippen LogP contribution is 2.28. The molecule has 12 N–H and O–H groups in total. The van der Waals surface area contributed by atoms with E-state index in [0.717, 1.165) is 11.1 Å². The van der Waals surface area contributed by atoms with Gasteiger partial charge in [0.25, 0.3) is 0 Å². The second-order valence-corrected chi connectivity index (χ2v) is 10.2. The number of phenols is 2. The highest BCUT2D eigenvalue weighted by molar-refractivity contribution is 5.92. The van der Waals surface area contributed by atoms with Crippen LogP contribution in [0, 0.1) is 0 Å². The number of carbonyl (C=O) groups is 4. The zero-order chi connectivity index (χ0) is 35.9. The van der Waals surface area contributed by atoms with Crippen molar-refractivity contribution in [3.05, 3.63) is 95.1 Å². The standard InChI is InChI=1S/C29H35N7O5.C2HF3O2/c30-28(31)33-15-1-2-24(26(39)34-16-18-3-5-19(6-4-18)17-35-29(32)41)36-27(40)25(20-7-11-22(37)12-8-20)21-9-13-23(38)14-10-21;3-2(4,5)1(6)7/h3-14,24-25,37-38H,1-2,15-17H2,(H,34,39)(H,36,40)(H4,30,31,33)(H3,32,35,41);(H,6,7)/t24-;/m1./s1. The van der Waals surface area contributed by atoms with Gasteiger partial charge in [-0.15, -0.1) is 0 Å². The van der Waals surface area contributed by atoms with Crippen LogP contribution in [0.4, 0.5) is 18.0 Å². The Bertz CT molecular complexity index is 1500. The van der Waals surface area contributed by atoms with Crippen LogP contribution in [0.1, 0.15) is 41.0 Å². The van der Waals surface area contributed by atoms with Crippen molar-refractivity contribution in [3.8, 4) is 11.5 Å². The van der Waals surface area contributed by atoms with Gasteiger partial charge in [-0.1, -0.05) is 48.5 Å². The Morgan fingerprint density at radius 2 is 1.17 bits per heavy atom. The summed E-state index contributed by atoms with van der Waals surface area (Å²) in [4.78, 5) is 50.7. The third kappa shape index (κ3) is 13.6. The lowest BCUT2D eigenvalue weighted by Crippen LogP contribution is -2.48. The molecule has 3 aromatic rings. The number of carboxylic acids is 1. The number of carboxylic acid groups (broad SMARTS) is 1. The molecule has 0 spiro atoms. The van der Waals surface area contributed by atoms with E-state index in [4.69, 9.17) is 27.1 Å². The van der Waals surface area contributed by atoms with Crippen LogP contribution in [0.15, 0.2) is 77.8 Å². The summed E-state index contributed by atoms with van der Waals surface area (Å²) in [6.07, 6.45) is -4.38. The molecule has 0 aromatic heterocycles. The first-order chi connectivity index (χ1) is 22.6. The molecular weight excluding hydrogens is 639 g/mol. The Balaban J connectivity index is 0.00000103. The summed E-state index contributed by atoms with van der Waals surface area (Å²) in [7, 11) is 0. The summed E-state index contributed by atoms with van der Waals surface area (Å²) >= 11 is 0. The topological polar surface area (TPSA) is 255 Å². The molecule has 0 aliphatic heterocycles. The lowest BCUT2D eigenvalue weighted by Gasteiger charge is -2.23. The average molecular weight is 676 g/mol. The number of urea groups is 1. The smallest absolute Gasteiger partial charge is 0.490 e. The maximum Gasteiger partial charge on any atom is 0.490 e. The number of aromatic hydroxyl groups is 2. The molecule has 48 heavy (non-hydrogen) atoms. The number of primary amides is 1. The molecule has 0 fully saturated rings. The van der Waals surface area contributed by atoms with Crippen molar-refractivity contribution in [1.29, 1.82) is 0 Å². The zero-order valence-corrected chi connectivity index (χ0v) is 25.4. The number of aliphatic imine (C=N–C) groups is 1. The Kier molecular flexibility index (Phi) is 14.5. The first-order valence-electron chi connectivity index (χ1n) is 14.2. The summed E-state index contributed by atoms with van der Waals surface area (Å²) in [5, 5.41) is 34.8. The van der Waals surface area contributed by atoms with Gasteiger partial charge < -0.3 is 48.5 Å². The van der Waals surface area contributed by atoms with Gasteiger partial charge in [0.05, 0.1) is 5.92 Å². The fourth-order valence-electron chi connectivity index (χ4n) is 4.13. The molecule has 1 atom stereocenters. The van der Waals surface area contributed by atoms with E-state index in [-0.39, 0.29) is 43.5 Å². The van der Waals surface area contributed by atoms with Crippen LogP contribution < -0.4 is 33.2 Å². The number of nitrogens with zero attached hydrogens (tertiary/aromatic N) is 1. The van der Waals surface area contributed by atoms with E-state index in [1.807, 2.05) is 24.3 Å². The highest BCUT2D eigenvalue weighted by Gasteiger charge is 2.38. The van der Waals surface area contributed by atoms with Crippen LogP contribution in [-0.2, 0) is 27.5 Å². The van der Waals surface area contributed by atoms with Gasteiger partial charge in [-0.3, -0.25) is 14.6 Å². The maximum absolute atomic E-state index is 13.7. The number of guanidine groups is 1. The molecule has 14 nitrogen and oxygen atoms in total. The zero-order valence-electron chi connectivity index (χ0n) is 25.4. The molecule has 0 aliphatic carbocycles. The number of halogens is 3. The van der Waals surface area contributed by atoms with Crippen LogP contribution in [0.5, 0.6) is 11.5 Å². The average Bonchev–Trinajstić information content (AvgIpc) is 3.02. The predicted molar refractivity (Wildman–Crippen MR) is 168 cm³/mol. The Morgan fingerprint density at radius 1 is 0.729 bits per heavy atom. The van der Waals surface area contributed by atoms with Gasteiger partial charge >= 0.3 is 18.2 Å². The Hall–Kier alpha value is -6.00. The Labute approximate surface area is 272 Å². The van der Waals surface area contributed by atoms with Crippen LogP contribution in [0.2, 0.25) is 0 Å². The molecule has 0 heterocycles. The predicted octanol–water partition coefficient (Wildman–Crippen LogP) is 1.89. The molecule has 0 saturated carbocycles. The third-order valence-corrected chi connectivity index (χ3v) is 6.49. The van der Waals surface area contributed by atoms with Crippen molar-refractivity contribution in [1.82, 2.24) is 16.0 Å². The number of amides is 4. The van der Waals surface area contributed by atoms with Crippen molar-refractivity contribution in [2.75, 3.05) is 6.54 Å². The first-order valence-corrected chi connectivity index (χ1v) is 14.2. The fourth-order valence-corrected chi connectivity index (χ4v) is 4.13. The molecule has 3 aromatic carbocycles. The van der Waals surface area contributed by atoms with E-state index in [1.165, 1.54) is 24.3 Å². The van der Waals surface area contributed by atoms with E-state index in [0.29, 0.717) is 17.5 Å². The second kappa shape index (κ2) is 18.2. The van der Waals surface area contributed by atoms with E-state index < -0.39 is 42.0 Å².